The van der Waals surface area contributed by atoms with Gasteiger partial charge in [-0.25, -0.2) is 4.98 Å². The van der Waals surface area contributed by atoms with E-state index in [0.29, 0.717) is 11.7 Å². The van der Waals surface area contributed by atoms with Gasteiger partial charge in [-0.1, -0.05) is 5.11 Å². The molecule has 8 heteroatoms. The van der Waals surface area contributed by atoms with Crippen LogP contribution in [0.5, 0.6) is 0 Å². The minimum atomic E-state index is 0.0178. The third-order valence-electron chi connectivity index (χ3n) is 1.77. The summed E-state index contributed by atoms with van der Waals surface area (Å²) in [5.41, 5.74) is 19.5. The molecule has 0 bridgehead atoms. The smallest absolute Gasteiger partial charge is 0.212 e. The van der Waals surface area contributed by atoms with Crippen molar-refractivity contribution in [2.24, 2.45) is 21.6 Å². The van der Waals surface area contributed by atoms with Crippen LogP contribution in [0.15, 0.2) is 15.5 Å². The number of rotatable bonds is 6. The summed E-state index contributed by atoms with van der Waals surface area (Å²) in [6.07, 6.45) is 2.64. The van der Waals surface area contributed by atoms with E-state index in [9.17, 15) is 0 Å². The Balaban J connectivity index is 2.35. The molecule has 1 aromatic rings. The van der Waals surface area contributed by atoms with Crippen molar-refractivity contribution in [2.45, 2.75) is 19.3 Å². The van der Waals surface area contributed by atoms with Gasteiger partial charge in [0.2, 0.25) is 5.13 Å². The van der Waals surface area contributed by atoms with Crippen molar-refractivity contribution in [1.29, 1.82) is 0 Å². The molecule has 1 heterocycles. The quantitative estimate of drug-likeness (QED) is 0.196. The van der Waals surface area contributed by atoms with Gasteiger partial charge in [-0.3, -0.25) is 0 Å². The van der Waals surface area contributed by atoms with Crippen LogP contribution in [0.1, 0.15) is 18.5 Å². The van der Waals surface area contributed by atoms with Crippen LogP contribution in [0.2, 0.25) is 0 Å². The van der Waals surface area contributed by atoms with Gasteiger partial charge in [0.15, 0.2) is 5.96 Å². The molecule has 1 rings (SSSR count). The third-order valence-corrected chi connectivity index (χ3v) is 2.55. The van der Waals surface area contributed by atoms with Crippen molar-refractivity contribution < 1.29 is 0 Å². The fraction of sp³-hybridized carbons (Fsp3) is 0.500. The second-order valence-corrected chi connectivity index (χ2v) is 3.91. The van der Waals surface area contributed by atoms with E-state index in [0.717, 1.165) is 25.0 Å². The van der Waals surface area contributed by atoms with Crippen LogP contribution in [-0.4, -0.2) is 17.5 Å². The number of guanidine groups is 1. The summed E-state index contributed by atoms with van der Waals surface area (Å²) in [6, 6.07) is 0. The van der Waals surface area contributed by atoms with E-state index < -0.39 is 0 Å². The Morgan fingerprint density at radius 3 is 3.00 bits per heavy atom. The number of hydrogen-bond donors (Lipinski definition) is 2. The lowest BCUT2D eigenvalue weighted by molar-refractivity contribution is 0.733. The van der Waals surface area contributed by atoms with Crippen LogP contribution in [-0.2, 0) is 6.42 Å². The molecule has 0 aliphatic heterocycles. The van der Waals surface area contributed by atoms with E-state index in [1.54, 1.807) is 0 Å². The molecule has 0 atom stereocenters. The number of unbranched alkanes of at least 4 members (excludes halogenated alkanes) is 1. The number of thiazole rings is 1. The first kappa shape index (κ1) is 12.3. The van der Waals surface area contributed by atoms with Gasteiger partial charge in [0.05, 0.1) is 5.69 Å². The lowest BCUT2D eigenvalue weighted by Crippen LogP contribution is -2.21. The number of aromatic nitrogens is 1. The normalized spacial score (nSPS) is 9.50. The first-order chi connectivity index (χ1) is 7.72. The molecule has 86 valence electrons. The topological polar surface area (TPSA) is 126 Å². The highest BCUT2D eigenvalue weighted by Crippen LogP contribution is 2.19. The molecule has 4 N–H and O–H groups in total. The van der Waals surface area contributed by atoms with Gasteiger partial charge in [-0.2, -0.15) is 4.99 Å². The monoisotopic (exact) mass is 239 g/mol. The van der Waals surface area contributed by atoms with E-state index in [4.69, 9.17) is 17.0 Å². The molecule has 0 aromatic carbocycles. The van der Waals surface area contributed by atoms with Gasteiger partial charge >= 0.3 is 0 Å². The van der Waals surface area contributed by atoms with E-state index >= 15 is 0 Å². The fourth-order valence-corrected chi connectivity index (χ4v) is 1.85. The van der Waals surface area contributed by atoms with Crippen molar-refractivity contribution in [2.75, 3.05) is 6.54 Å². The SMILES string of the molecule is [N-]=[N+]=NCCCCc1csc(N=C(N)N)n1. The maximum atomic E-state index is 8.08. The zero-order chi connectivity index (χ0) is 11.8. The molecule has 0 fully saturated rings. The number of aliphatic imine (C=N–C) groups is 1. The molecular formula is C8H13N7S. The lowest BCUT2D eigenvalue weighted by Gasteiger charge is -1.93. The molecule has 1 aromatic heterocycles. The molecule has 16 heavy (non-hydrogen) atoms. The average molecular weight is 239 g/mol. The fourth-order valence-electron chi connectivity index (χ4n) is 1.11. The number of azide groups is 1. The van der Waals surface area contributed by atoms with Crippen LogP contribution in [0, 0.1) is 0 Å². The third kappa shape index (κ3) is 4.63. The van der Waals surface area contributed by atoms with E-state index in [2.05, 4.69) is 20.0 Å². The first-order valence-electron chi connectivity index (χ1n) is 4.77. The highest BCUT2D eigenvalue weighted by atomic mass is 32.1. The van der Waals surface area contributed by atoms with E-state index in [1.165, 1.54) is 11.3 Å². The van der Waals surface area contributed by atoms with Crippen molar-refractivity contribution in [3.05, 3.63) is 21.5 Å². The minimum Gasteiger partial charge on any atom is -0.370 e. The van der Waals surface area contributed by atoms with Crippen LogP contribution in [0.4, 0.5) is 5.13 Å². The summed E-state index contributed by atoms with van der Waals surface area (Å²) in [7, 11) is 0. The Morgan fingerprint density at radius 2 is 2.31 bits per heavy atom. The van der Waals surface area contributed by atoms with Gasteiger partial charge in [-0.15, -0.1) is 11.3 Å². The summed E-state index contributed by atoms with van der Waals surface area (Å²) in [5, 5.41) is 5.96. The van der Waals surface area contributed by atoms with Crippen molar-refractivity contribution in [1.82, 2.24) is 4.98 Å². The highest BCUT2D eigenvalue weighted by Gasteiger charge is 2.00. The maximum Gasteiger partial charge on any atom is 0.212 e. The average Bonchev–Trinajstić information content (AvgIpc) is 2.64. The van der Waals surface area contributed by atoms with Gasteiger partial charge in [0.1, 0.15) is 0 Å². The van der Waals surface area contributed by atoms with Gasteiger partial charge < -0.3 is 11.5 Å². The van der Waals surface area contributed by atoms with Crippen molar-refractivity contribution >= 4 is 22.4 Å². The summed E-state index contributed by atoms with van der Waals surface area (Å²) >= 11 is 1.41. The Hall–Kier alpha value is -1.79. The number of aryl methyl sites for hydroxylation is 1. The van der Waals surface area contributed by atoms with Gasteiger partial charge in [0, 0.05) is 16.8 Å². The minimum absolute atomic E-state index is 0.0178. The van der Waals surface area contributed by atoms with E-state index in [-0.39, 0.29) is 5.96 Å². The number of nitrogens with two attached hydrogens (primary N) is 2. The molecule has 0 amide bonds. The zero-order valence-corrected chi connectivity index (χ0v) is 9.52. The Bertz CT molecular complexity index is 400. The van der Waals surface area contributed by atoms with Crippen LogP contribution in [0.25, 0.3) is 10.4 Å². The zero-order valence-electron chi connectivity index (χ0n) is 8.70. The number of nitrogens with zero attached hydrogens (tertiary/aromatic N) is 5. The lowest BCUT2D eigenvalue weighted by atomic mass is 10.2. The van der Waals surface area contributed by atoms with Crippen LogP contribution >= 0.6 is 11.3 Å². The van der Waals surface area contributed by atoms with Gasteiger partial charge in [-0.05, 0) is 24.8 Å². The molecule has 0 aliphatic carbocycles. The second kappa shape index (κ2) is 6.65. The molecule has 0 spiro atoms. The summed E-state index contributed by atoms with van der Waals surface area (Å²) < 4.78 is 0. The Labute approximate surface area is 96.8 Å². The predicted octanol–water partition coefficient (Wildman–Crippen LogP) is 1.68. The molecule has 0 saturated heterocycles. The van der Waals surface area contributed by atoms with Crippen molar-refractivity contribution in [3.8, 4) is 0 Å². The number of hydrogen-bond acceptors (Lipinski definition) is 4. The standard InChI is InChI=1S/C8H13N7S/c9-7(10)14-8-13-6(5-16-8)3-1-2-4-12-15-11/h5H,1-4H2,(H4,9,10,13,14). The highest BCUT2D eigenvalue weighted by molar-refractivity contribution is 7.13. The Kier molecular flexibility index (Phi) is 5.10. The maximum absolute atomic E-state index is 8.08. The van der Waals surface area contributed by atoms with E-state index in [1.807, 2.05) is 5.38 Å². The molecule has 0 unspecified atom stereocenters. The molecule has 0 radical (unpaired) electrons. The molecule has 0 aliphatic rings. The van der Waals surface area contributed by atoms with Gasteiger partial charge in [0.25, 0.3) is 0 Å². The summed E-state index contributed by atoms with van der Waals surface area (Å²) in [4.78, 5) is 10.8. The van der Waals surface area contributed by atoms with Crippen LogP contribution in [0.3, 0.4) is 0 Å². The second-order valence-electron chi connectivity index (χ2n) is 3.07. The van der Waals surface area contributed by atoms with Crippen LogP contribution < -0.4 is 11.5 Å². The molecule has 0 saturated carbocycles. The van der Waals surface area contributed by atoms with Crippen molar-refractivity contribution in [3.63, 3.8) is 0 Å². The summed E-state index contributed by atoms with van der Waals surface area (Å²) in [5.74, 6) is 0.0178. The Morgan fingerprint density at radius 1 is 1.50 bits per heavy atom. The predicted molar refractivity (Wildman–Crippen MR) is 64.5 cm³/mol. The first-order valence-corrected chi connectivity index (χ1v) is 5.65. The molecule has 7 nitrogen and oxygen atoms in total. The largest absolute Gasteiger partial charge is 0.370 e. The molecular weight excluding hydrogens is 226 g/mol. The summed E-state index contributed by atoms with van der Waals surface area (Å²) in [6.45, 7) is 0.529.